The van der Waals surface area contributed by atoms with Gasteiger partial charge in [-0.3, -0.25) is 9.59 Å². The van der Waals surface area contributed by atoms with Gasteiger partial charge in [0.25, 0.3) is 5.91 Å². The highest BCUT2D eigenvalue weighted by molar-refractivity contribution is 6.15. The number of hydrogen-bond acceptors (Lipinski definition) is 4. The van der Waals surface area contributed by atoms with Crippen LogP contribution in [0.25, 0.3) is 21.8 Å². The Kier molecular flexibility index (Phi) is 4.08. The van der Waals surface area contributed by atoms with Crippen LogP contribution >= 0.6 is 0 Å². The summed E-state index contributed by atoms with van der Waals surface area (Å²) in [6.07, 6.45) is 0. The van der Waals surface area contributed by atoms with E-state index in [9.17, 15) is 14.7 Å². The van der Waals surface area contributed by atoms with Gasteiger partial charge in [0.15, 0.2) is 5.78 Å². The Bertz CT molecular complexity index is 1180. The minimum atomic E-state index is -0.363. The van der Waals surface area contributed by atoms with Crippen molar-refractivity contribution in [2.45, 2.75) is 13.5 Å². The third-order valence-corrected chi connectivity index (χ3v) is 4.45. The number of nitrogens with one attached hydrogen (secondary N) is 2. The van der Waals surface area contributed by atoms with E-state index in [4.69, 9.17) is 0 Å². The summed E-state index contributed by atoms with van der Waals surface area (Å²) in [6, 6.07) is 16.0. The Morgan fingerprint density at radius 1 is 1.07 bits per heavy atom. The molecule has 0 fully saturated rings. The predicted octanol–water partition coefficient (Wildman–Crippen LogP) is 3.55. The highest BCUT2D eigenvalue weighted by atomic mass is 16.3. The molecule has 4 rings (SSSR count). The van der Waals surface area contributed by atoms with Crippen LogP contribution in [-0.2, 0) is 6.54 Å². The zero-order valence-corrected chi connectivity index (χ0v) is 14.6. The fourth-order valence-electron chi connectivity index (χ4n) is 3.10. The standard InChI is InChI=1S/C21H17N3O3/c1-12(25)19-20-16(15-4-2-3-5-17(15)23-20)10-18(24-19)21(27)22-11-13-6-8-14(26)9-7-13/h2-10,23,26H,11H2,1H3,(H,22,27). The smallest absolute Gasteiger partial charge is 0.270 e. The Hall–Kier alpha value is -3.67. The minimum Gasteiger partial charge on any atom is -0.508 e. The average molecular weight is 359 g/mol. The van der Waals surface area contributed by atoms with Crippen molar-refractivity contribution in [2.75, 3.05) is 0 Å². The zero-order chi connectivity index (χ0) is 19.0. The first-order valence-electron chi connectivity index (χ1n) is 8.51. The van der Waals surface area contributed by atoms with Crippen molar-refractivity contribution >= 4 is 33.5 Å². The summed E-state index contributed by atoms with van der Waals surface area (Å²) in [6.45, 7) is 1.73. The maximum Gasteiger partial charge on any atom is 0.270 e. The van der Waals surface area contributed by atoms with E-state index in [1.807, 2.05) is 24.3 Å². The summed E-state index contributed by atoms with van der Waals surface area (Å²) in [5.41, 5.74) is 2.81. The van der Waals surface area contributed by atoms with E-state index in [1.165, 1.54) is 6.92 Å². The second kappa shape index (κ2) is 6.57. The number of phenolic OH excluding ortho intramolecular Hbond substituents is 1. The van der Waals surface area contributed by atoms with Gasteiger partial charge in [-0.2, -0.15) is 0 Å². The van der Waals surface area contributed by atoms with Crippen molar-refractivity contribution in [2.24, 2.45) is 0 Å². The van der Waals surface area contributed by atoms with Crippen LogP contribution in [-0.4, -0.2) is 26.8 Å². The molecule has 4 aromatic rings. The second-order valence-corrected chi connectivity index (χ2v) is 6.35. The molecule has 0 bridgehead atoms. The second-order valence-electron chi connectivity index (χ2n) is 6.35. The van der Waals surface area contributed by atoms with Gasteiger partial charge in [-0.15, -0.1) is 0 Å². The number of H-pyrrole nitrogens is 1. The molecule has 0 radical (unpaired) electrons. The molecule has 6 nitrogen and oxygen atoms in total. The monoisotopic (exact) mass is 359 g/mol. The van der Waals surface area contributed by atoms with Crippen molar-refractivity contribution in [1.29, 1.82) is 0 Å². The number of pyridine rings is 1. The number of Topliss-reactive ketones (excluding diaryl/α,β-unsaturated/α-hetero) is 1. The quantitative estimate of drug-likeness (QED) is 0.486. The number of nitrogens with zero attached hydrogens (tertiary/aromatic N) is 1. The number of rotatable bonds is 4. The highest BCUT2D eigenvalue weighted by Crippen LogP contribution is 2.28. The zero-order valence-electron chi connectivity index (χ0n) is 14.6. The van der Waals surface area contributed by atoms with Gasteiger partial charge in [-0.1, -0.05) is 30.3 Å². The summed E-state index contributed by atoms with van der Waals surface area (Å²) in [5.74, 6) is -0.403. The number of hydrogen-bond donors (Lipinski definition) is 3. The van der Waals surface area contributed by atoms with Gasteiger partial charge in [-0.25, -0.2) is 4.98 Å². The first-order valence-corrected chi connectivity index (χ1v) is 8.51. The molecule has 0 atom stereocenters. The lowest BCUT2D eigenvalue weighted by Gasteiger charge is -2.07. The Balaban J connectivity index is 1.72. The number of carbonyl (C=O) groups is 2. The molecule has 0 aliphatic heterocycles. The summed E-state index contributed by atoms with van der Waals surface area (Å²) in [7, 11) is 0. The van der Waals surface area contributed by atoms with Gasteiger partial charge in [0.05, 0.1) is 5.52 Å². The minimum absolute atomic E-state index is 0.169. The lowest BCUT2D eigenvalue weighted by atomic mass is 10.1. The van der Waals surface area contributed by atoms with Gasteiger partial charge < -0.3 is 15.4 Å². The largest absolute Gasteiger partial charge is 0.508 e. The summed E-state index contributed by atoms with van der Waals surface area (Å²) >= 11 is 0. The fraction of sp³-hybridized carbons (Fsp3) is 0.0952. The van der Waals surface area contributed by atoms with Crippen molar-refractivity contribution < 1.29 is 14.7 Å². The van der Waals surface area contributed by atoms with E-state index < -0.39 is 0 Å². The molecule has 3 N–H and O–H groups in total. The SMILES string of the molecule is CC(=O)c1nc(C(=O)NCc2ccc(O)cc2)cc2c1[nH]c1ccccc12. The average Bonchev–Trinajstić information content (AvgIpc) is 3.05. The number of aromatic amines is 1. The third-order valence-electron chi connectivity index (χ3n) is 4.45. The molecular weight excluding hydrogens is 342 g/mol. The maximum absolute atomic E-state index is 12.6. The molecule has 0 spiro atoms. The number of aromatic nitrogens is 2. The molecule has 134 valence electrons. The van der Waals surface area contributed by atoms with Gasteiger partial charge >= 0.3 is 0 Å². The van der Waals surface area contributed by atoms with Crippen LogP contribution in [0.3, 0.4) is 0 Å². The number of amides is 1. The van der Waals surface area contributed by atoms with Crippen molar-refractivity contribution in [3.63, 3.8) is 0 Å². The van der Waals surface area contributed by atoms with E-state index in [1.54, 1.807) is 30.3 Å². The molecule has 2 heterocycles. The number of aromatic hydroxyl groups is 1. The summed E-state index contributed by atoms with van der Waals surface area (Å²) < 4.78 is 0. The van der Waals surface area contributed by atoms with Crippen molar-refractivity contribution in [3.05, 3.63) is 71.5 Å². The van der Waals surface area contributed by atoms with Crippen LogP contribution < -0.4 is 5.32 Å². The number of fused-ring (bicyclic) bond motifs is 3. The summed E-state index contributed by atoms with van der Waals surface area (Å²) in [4.78, 5) is 32.2. The number of ketones is 1. The number of carbonyl (C=O) groups excluding carboxylic acids is 2. The summed E-state index contributed by atoms with van der Waals surface area (Å²) in [5, 5.41) is 13.9. The van der Waals surface area contributed by atoms with E-state index in [0.717, 1.165) is 21.9 Å². The van der Waals surface area contributed by atoms with E-state index in [2.05, 4.69) is 15.3 Å². The number of phenols is 1. The van der Waals surface area contributed by atoms with Gasteiger partial charge in [0.2, 0.25) is 0 Å². The van der Waals surface area contributed by atoms with Crippen LogP contribution in [0.1, 0.15) is 33.5 Å². The Morgan fingerprint density at radius 3 is 2.56 bits per heavy atom. The van der Waals surface area contributed by atoms with E-state index in [-0.39, 0.29) is 28.8 Å². The highest BCUT2D eigenvalue weighted by Gasteiger charge is 2.17. The van der Waals surface area contributed by atoms with Gasteiger partial charge in [0, 0.05) is 29.8 Å². The Labute approximate surface area is 154 Å². The molecule has 0 aliphatic rings. The van der Waals surface area contributed by atoms with Crippen LogP contribution in [0.2, 0.25) is 0 Å². The van der Waals surface area contributed by atoms with Crippen LogP contribution in [0.5, 0.6) is 5.75 Å². The van der Waals surface area contributed by atoms with E-state index >= 15 is 0 Å². The van der Waals surface area contributed by atoms with Crippen LogP contribution in [0.4, 0.5) is 0 Å². The molecular formula is C21H17N3O3. The molecule has 6 heteroatoms. The first kappa shape index (κ1) is 16.8. The van der Waals surface area contributed by atoms with Gasteiger partial charge in [0.1, 0.15) is 17.1 Å². The third kappa shape index (κ3) is 3.13. The van der Waals surface area contributed by atoms with Crippen molar-refractivity contribution in [1.82, 2.24) is 15.3 Å². The molecule has 27 heavy (non-hydrogen) atoms. The fourth-order valence-corrected chi connectivity index (χ4v) is 3.10. The Morgan fingerprint density at radius 2 is 1.81 bits per heavy atom. The topological polar surface area (TPSA) is 95.1 Å². The van der Waals surface area contributed by atoms with Crippen molar-refractivity contribution in [3.8, 4) is 5.75 Å². The molecule has 2 aromatic carbocycles. The van der Waals surface area contributed by atoms with Crippen LogP contribution in [0.15, 0.2) is 54.6 Å². The molecule has 1 amide bonds. The molecule has 0 aliphatic carbocycles. The first-order chi connectivity index (χ1) is 13.0. The molecule has 0 saturated heterocycles. The molecule has 0 unspecified atom stereocenters. The molecule has 0 saturated carbocycles. The predicted molar refractivity (Wildman–Crippen MR) is 103 cm³/mol. The van der Waals surface area contributed by atoms with Crippen LogP contribution in [0, 0.1) is 0 Å². The number of para-hydroxylation sites is 1. The molecule has 2 aromatic heterocycles. The van der Waals surface area contributed by atoms with E-state index in [0.29, 0.717) is 12.1 Å². The van der Waals surface area contributed by atoms with Gasteiger partial charge in [-0.05, 0) is 29.8 Å². The lowest BCUT2D eigenvalue weighted by molar-refractivity contribution is 0.0946. The maximum atomic E-state index is 12.6. The normalized spacial score (nSPS) is 11.0. The lowest BCUT2D eigenvalue weighted by Crippen LogP contribution is -2.24. The number of benzene rings is 2.